The topological polar surface area (TPSA) is 60.3 Å². The van der Waals surface area contributed by atoms with Crippen molar-refractivity contribution >= 4 is 11.6 Å². The quantitative estimate of drug-likeness (QED) is 0.851. The van der Waals surface area contributed by atoms with Crippen molar-refractivity contribution in [2.24, 2.45) is 12.5 Å². The number of methoxy groups -OCH3 is 1. The van der Waals surface area contributed by atoms with E-state index in [0.29, 0.717) is 6.61 Å². The van der Waals surface area contributed by atoms with Crippen molar-refractivity contribution in [2.75, 3.05) is 19.0 Å². The number of amides is 1. The van der Waals surface area contributed by atoms with Crippen LogP contribution in [0.2, 0.25) is 0 Å². The number of hydrogen-bond acceptors (Lipinski definition) is 3. The second-order valence-electron chi connectivity index (χ2n) is 4.61. The molecule has 17 heavy (non-hydrogen) atoms. The number of nitrogens with zero attached hydrogens (tertiary/aromatic N) is 1. The number of pyridine rings is 1. The molecule has 0 aliphatic carbocycles. The first-order valence-electron chi connectivity index (χ1n) is 5.34. The summed E-state index contributed by atoms with van der Waals surface area (Å²) in [5, 5.41) is 2.62. The molecule has 0 aliphatic heterocycles. The van der Waals surface area contributed by atoms with E-state index >= 15 is 0 Å². The maximum atomic E-state index is 11.9. The molecule has 5 nitrogen and oxygen atoms in total. The third-order valence-corrected chi connectivity index (χ3v) is 2.49. The molecule has 5 heteroatoms. The zero-order valence-corrected chi connectivity index (χ0v) is 10.6. The fourth-order valence-corrected chi connectivity index (χ4v) is 1.41. The van der Waals surface area contributed by atoms with Crippen LogP contribution in [0.1, 0.15) is 13.8 Å². The van der Waals surface area contributed by atoms with Crippen molar-refractivity contribution in [3.8, 4) is 0 Å². The second kappa shape index (κ2) is 5.14. The molecule has 0 fully saturated rings. The number of ether oxygens (including phenoxy) is 1. The van der Waals surface area contributed by atoms with Crippen LogP contribution >= 0.6 is 0 Å². The van der Waals surface area contributed by atoms with E-state index in [1.54, 1.807) is 39.2 Å². The molecule has 94 valence electrons. The largest absolute Gasteiger partial charge is 0.384 e. The van der Waals surface area contributed by atoms with Gasteiger partial charge in [0.05, 0.1) is 12.0 Å². The monoisotopic (exact) mass is 238 g/mol. The van der Waals surface area contributed by atoms with E-state index in [1.165, 1.54) is 11.7 Å². The molecule has 1 heterocycles. The van der Waals surface area contributed by atoms with Crippen LogP contribution in [0.5, 0.6) is 0 Å². The number of hydrogen-bond donors (Lipinski definition) is 1. The van der Waals surface area contributed by atoms with Crippen molar-refractivity contribution in [1.29, 1.82) is 0 Å². The van der Waals surface area contributed by atoms with Crippen LogP contribution in [-0.4, -0.2) is 24.2 Å². The van der Waals surface area contributed by atoms with Gasteiger partial charge in [0.1, 0.15) is 5.69 Å². The first-order chi connectivity index (χ1) is 7.88. The molecular weight excluding hydrogens is 220 g/mol. The van der Waals surface area contributed by atoms with E-state index in [2.05, 4.69) is 5.32 Å². The molecule has 0 radical (unpaired) electrons. The molecule has 1 aromatic rings. The number of aromatic nitrogens is 1. The normalized spacial score (nSPS) is 11.3. The lowest BCUT2D eigenvalue weighted by Gasteiger charge is -2.22. The minimum absolute atomic E-state index is 0.228. The lowest BCUT2D eigenvalue weighted by atomic mass is 9.93. The third kappa shape index (κ3) is 3.17. The van der Waals surface area contributed by atoms with Gasteiger partial charge in [-0.15, -0.1) is 0 Å². The number of carbonyl (C=O) groups is 1. The van der Waals surface area contributed by atoms with Crippen molar-refractivity contribution in [1.82, 2.24) is 4.57 Å². The zero-order valence-electron chi connectivity index (χ0n) is 10.6. The van der Waals surface area contributed by atoms with Gasteiger partial charge in [-0.2, -0.15) is 0 Å². The van der Waals surface area contributed by atoms with Gasteiger partial charge in [0.25, 0.3) is 5.56 Å². The van der Waals surface area contributed by atoms with Gasteiger partial charge in [-0.3, -0.25) is 9.59 Å². The minimum Gasteiger partial charge on any atom is -0.384 e. The average molecular weight is 238 g/mol. The first-order valence-corrected chi connectivity index (χ1v) is 5.34. The van der Waals surface area contributed by atoms with Crippen molar-refractivity contribution in [3.63, 3.8) is 0 Å². The highest BCUT2D eigenvalue weighted by molar-refractivity contribution is 5.94. The molecule has 1 rings (SSSR count). The van der Waals surface area contributed by atoms with Crippen molar-refractivity contribution in [2.45, 2.75) is 13.8 Å². The Labute approximate surface area is 100 Å². The second-order valence-corrected chi connectivity index (χ2v) is 4.61. The first kappa shape index (κ1) is 13.4. The predicted octanol–water partition coefficient (Wildman–Crippen LogP) is 0.996. The highest BCUT2D eigenvalue weighted by atomic mass is 16.5. The van der Waals surface area contributed by atoms with E-state index in [-0.39, 0.29) is 17.2 Å². The minimum atomic E-state index is -0.671. The summed E-state index contributed by atoms with van der Waals surface area (Å²) in [5.41, 5.74) is -0.617. The highest BCUT2D eigenvalue weighted by Crippen LogP contribution is 2.17. The van der Waals surface area contributed by atoms with Crippen LogP contribution in [0.25, 0.3) is 0 Å². The molecule has 0 saturated heterocycles. The fourth-order valence-electron chi connectivity index (χ4n) is 1.41. The van der Waals surface area contributed by atoms with E-state index in [1.807, 2.05) is 0 Å². The summed E-state index contributed by atoms with van der Waals surface area (Å²) >= 11 is 0. The molecule has 1 aromatic heterocycles. The Morgan fingerprint density at radius 2 is 2.18 bits per heavy atom. The molecule has 0 spiro atoms. The maximum Gasteiger partial charge on any atom is 0.274 e. The number of anilines is 1. The van der Waals surface area contributed by atoms with Gasteiger partial charge >= 0.3 is 0 Å². The summed E-state index contributed by atoms with van der Waals surface area (Å²) in [6.07, 6.45) is 1.64. The maximum absolute atomic E-state index is 11.9. The van der Waals surface area contributed by atoms with E-state index in [9.17, 15) is 9.59 Å². The molecule has 1 amide bonds. The summed E-state index contributed by atoms with van der Waals surface area (Å²) in [6.45, 7) is 3.82. The Kier molecular flexibility index (Phi) is 4.07. The van der Waals surface area contributed by atoms with Gasteiger partial charge in [-0.05, 0) is 26.0 Å². The molecule has 1 N–H and O–H groups in total. The molecule has 0 atom stereocenters. The highest BCUT2D eigenvalue weighted by Gasteiger charge is 2.28. The van der Waals surface area contributed by atoms with Gasteiger partial charge in [0.15, 0.2) is 0 Å². The van der Waals surface area contributed by atoms with Gasteiger partial charge < -0.3 is 14.6 Å². The summed E-state index contributed by atoms with van der Waals surface area (Å²) < 4.78 is 6.39. The number of aryl methyl sites for hydroxylation is 1. The number of nitrogens with one attached hydrogen (secondary N) is 1. The Balaban J connectivity index is 2.89. The molecule has 0 aromatic carbocycles. The summed E-state index contributed by atoms with van der Waals surface area (Å²) in [6, 6.07) is 3.30. The summed E-state index contributed by atoms with van der Waals surface area (Å²) in [5.74, 6) is -0.234. The summed E-state index contributed by atoms with van der Waals surface area (Å²) in [7, 11) is 3.18. The third-order valence-electron chi connectivity index (χ3n) is 2.49. The standard InChI is InChI=1S/C12H18N2O3/c1-12(2,8-17-4)11(16)13-9-6-5-7-14(3)10(9)15/h5-7H,8H2,1-4H3,(H,13,16). The average Bonchev–Trinajstić information content (AvgIpc) is 2.24. The van der Waals surface area contributed by atoms with Gasteiger partial charge in [0, 0.05) is 20.4 Å². The number of rotatable bonds is 4. The van der Waals surface area contributed by atoms with Gasteiger partial charge in [-0.25, -0.2) is 0 Å². The Bertz CT molecular complexity index is 463. The zero-order chi connectivity index (χ0) is 13.1. The lowest BCUT2D eigenvalue weighted by molar-refractivity contribution is -0.126. The molecule has 0 bridgehead atoms. The smallest absolute Gasteiger partial charge is 0.274 e. The van der Waals surface area contributed by atoms with Crippen molar-refractivity contribution in [3.05, 3.63) is 28.7 Å². The molecular formula is C12H18N2O3. The number of carbonyl (C=O) groups excluding carboxylic acids is 1. The van der Waals surface area contributed by atoms with E-state index < -0.39 is 5.41 Å². The molecule has 0 unspecified atom stereocenters. The van der Waals surface area contributed by atoms with Crippen LogP contribution in [0.4, 0.5) is 5.69 Å². The van der Waals surface area contributed by atoms with E-state index in [0.717, 1.165) is 0 Å². The van der Waals surface area contributed by atoms with Crippen LogP contribution in [-0.2, 0) is 16.6 Å². The van der Waals surface area contributed by atoms with Crippen LogP contribution in [0.3, 0.4) is 0 Å². The Hall–Kier alpha value is -1.62. The Morgan fingerprint density at radius 3 is 2.76 bits per heavy atom. The van der Waals surface area contributed by atoms with Crippen LogP contribution in [0, 0.1) is 5.41 Å². The van der Waals surface area contributed by atoms with Gasteiger partial charge in [0.2, 0.25) is 5.91 Å². The fraction of sp³-hybridized carbons (Fsp3) is 0.500. The van der Waals surface area contributed by atoms with Crippen LogP contribution in [0.15, 0.2) is 23.1 Å². The van der Waals surface area contributed by atoms with Crippen LogP contribution < -0.4 is 10.9 Å². The SMILES string of the molecule is COCC(C)(C)C(=O)Nc1cccn(C)c1=O. The molecule has 0 saturated carbocycles. The predicted molar refractivity (Wildman–Crippen MR) is 66.0 cm³/mol. The lowest BCUT2D eigenvalue weighted by Crippen LogP contribution is -2.36. The molecule has 0 aliphatic rings. The van der Waals surface area contributed by atoms with E-state index in [4.69, 9.17) is 4.74 Å². The summed E-state index contributed by atoms with van der Waals surface area (Å²) in [4.78, 5) is 23.7. The Morgan fingerprint density at radius 1 is 1.53 bits per heavy atom. The van der Waals surface area contributed by atoms with Gasteiger partial charge in [-0.1, -0.05) is 0 Å². The van der Waals surface area contributed by atoms with Crippen molar-refractivity contribution < 1.29 is 9.53 Å².